The van der Waals surface area contributed by atoms with Gasteiger partial charge >= 0.3 is 12.0 Å². The maximum Gasteiger partial charge on any atom is 0.321 e. The Morgan fingerprint density at radius 1 is 1.35 bits per heavy atom. The Labute approximate surface area is 138 Å². The number of rotatable bonds is 3. The maximum absolute atomic E-state index is 12.3. The van der Waals surface area contributed by atoms with Crippen LogP contribution in [0.2, 0.25) is 5.02 Å². The molecule has 0 radical (unpaired) electrons. The van der Waals surface area contributed by atoms with E-state index in [-0.39, 0.29) is 23.0 Å². The second kappa shape index (κ2) is 6.87. The van der Waals surface area contributed by atoms with Crippen molar-refractivity contribution in [3.05, 3.63) is 28.8 Å². The Bertz CT molecular complexity index is 650. The normalized spacial score (nSPS) is 20.9. The number of piperidine rings is 1. The molecule has 1 heterocycles. The lowest BCUT2D eigenvalue weighted by Crippen LogP contribution is -2.47. The van der Waals surface area contributed by atoms with Crippen molar-refractivity contribution in [2.45, 2.75) is 13.3 Å². The summed E-state index contributed by atoms with van der Waals surface area (Å²) in [4.78, 5) is 36.2. The topological polar surface area (TPSA) is 113 Å². The smallest absolute Gasteiger partial charge is 0.321 e. The molecule has 4 N–H and O–H groups in total. The lowest BCUT2D eigenvalue weighted by molar-refractivity contribution is -0.143. The van der Waals surface area contributed by atoms with Crippen LogP contribution < -0.4 is 11.1 Å². The van der Waals surface area contributed by atoms with Crippen molar-refractivity contribution in [3.63, 3.8) is 0 Å². The number of aliphatic carboxylic acids is 1. The van der Waals surface area contributed by atoms with Crippen LogP contribution in [0.5, 0.6) is 0 Å². The first-order valence-corrected chi connectivity index (χ1v) is 7.53. The van der Waals surface area contributed by atoms with Gasteiger partial charge in [0.05, 0.1) is 16.5 Å². The molecule has 1 aliphatic heterocycles. The maximum atomic E-state index is 12.3. The first-order valence-electron chi connectivity index (χ1n) is 7.16. The Morgan fingerprint density at radius 2 is 2.04 bits per heavy atom. The number of carbonyl (C=O) groups is 3. The minimum Gasteiger partial charge on any atom is -0.481 e. The van der Waals surface area contributed by atoms with Gasteiger partial charge in [-0.15, -0.1) is 0 Å². The molecule has 1 fully saturated rings. The number of hydrogen-bond acceptors (Lipinski definition) is 3. The van der Waals surface area contributed by atoms with Crippen LogP contribution in [0, 0.1) is 11.8 Å². The van der Waals surface area contributed by atoms with E-state index in [1.54, 1.807) is 6.07 Å². The summed E-state index contributed by atoms with van der Waals surface area (Å²) < 4.78 is 0. The standard InChI is InChI=1S/C15H18ClN3O4/c1-8-4-9(14(21)22)7-19(6-8)15(23)18-10-2-3-12(16)11(5-10)13(17)20/h2-3,5,8-9H,4,6-7H2,1H3,(H2,17,20)(H,18,23)(H,21,22). The molecule has 0 spiro atoms. The molecule has 1 aliphatic rings. The minimum atomic E-state index is -0.906. The van der Waals surface area contributed by atoms with Crippen molar-refractivity contribution >= 4 is 35.2 Å². The highest BCUT2D eigenvalue weighted by Gasteiger charge is 2.31. The first-order chi connectivity index (χ1) is 10.8. The van der Waals surface area contributed by atoms with E-state index < -0.39 is 23.8 Å². The van der Waals surface area contributed by atoms with Crippen LogP contribution in [0.1, 0.15) is 23.7 Å². The molecule has 1 aromatic carbocycles. The van der Waals surface area contributed by atoms with Crippen molar-refractivity contribution in [1.29, 1.82) is 0 Å². The number of benzene rings is 1. The summed E-state index contributed by atoms with van der Waals surface area (Å²) in [5.74, 6) is -2.07. The van der Waals surface area contributed by atoms with Crippen LogP contribution in [0.15, 0.2) is 18.2 Å². The number of hydrogen-bond donors (Lipinski definition) is 3. The van der Waals surface area contributed by atoms with E-state index >= 15 is 0 Å². The number of nitrogens with one attached hydrogen (secondary N) is 1. The van der Waals surface area contributed by atoms with E-state index in [0.717, 1.165) is 0 Å². The number of carboxylic acids is 1. The van der Waals surface area contributed by atoms with E-state index in [1.807, 2.05) is 6.92 Å². The van der Waals surface area contributed by atoms with Crippen molar-refractivity contribution < 1.29 is 19.5 Å². The number of carbonyl (C=O) groups excluding carboxylic acids is 2. The fourth-order valence-corrected chi connectivity index (χ4v) is 2.90. The van der Waals surface area contributed by atoms with Gasteiger partial charge < -0.3 is 21.1 Å². The molecule has 2 atom stereocenters. The van der Waals surface area contributed by atoms with E-state index in [4.69, 9.17) is 22.4 Å². The fourth-order valence-electron chi connectivity index (χ4n) is 2.69. The molecule has 124 valence electrons. The summed E-state index contributed by atoms with van der Waals surface area (Å²) >= 11 is 5.86. The molecule has 8 heteroatoms. The molecule has 0 aromatic heterocycles. The van der Waals surface area contributed by atoms with Crippen LogP contribution in [-0.4, -0.2) is 41.0 Å². The van der Waals surface area contributed by atoms with E-state index in [9.17, 15) is 14.4 Å². The summed E-state index contributed by atoms with van der Waals surface area (Å²) in [7, 11) is 0. The highest BCUT2D eigenvalue weighted by molar-refractivity contribution is 6.33. The predicted octanol–water partition coefficient (Wildman–Crippen LogP) is 2.01. The Hall–Kier alpha value is -2.28. The zero-order valence-corrected chi connectivity index (χ0v) is 13.3. The molecule has 0 aliphatic carbocycles. The van der Waals surface area contributed by atoms with E-state index in [0.29, 0.717) is 18.7 Å². The molecule has 23 heavy (non-hydrogen) atoms. The molecule has 0 saturated carbocycles. The van der Waals surface area contributed by atoms with Gasteiger partial charge in [0.15, 0.2) is 0 Å². The van der Waals surface area contributed by atoms with Crippen molar-refractivity contribution in [2.75, 3.05) is 18.4 Å². The first kappa shape index (κ1) is 17.1. The third kappa shape index (κ3) is 4.13. The number of amides is 3. The van der Waals surface area contributed by atoms with Crippen molar-refractivity contribution in [1.82, 2.24) is 4.90 Å². The zero-order chi connectivity index (χ0) is 17.1. The fraction of sp³-hybridized carbons (Fsp3) is 0.400. The molecule has 1 saturated heterocycles. The minimum absolute atomic E-state index is 0.0991. The molecule has 2 unspecified atom stereocenters. The number of nitrogens with two attached hydrogens (primary N) is 1. The summed E-state index contributed by atoms with van der Waals surface area (Å²) in [6.45, 7) is 2.54. The van der Waals surface area contributed by atoms with Gasteiger partial charge in [0.2, 0.25) is 5.91 Å². The Kier molecular flexibility index (Phi) is 5.10. The lowest BCUT2D eigenvalue weighted by Gasteiger charge is -2.34. The van der Waals surface area contributed by atoms with Crippen LogP contribution >= 0.6 is 11.6 Å². The van der Waals surface area contributed by atoms with Gasteiger partial charge in [-0.1, -0.05) is 18.5 Å². The predicted molar refractivity (Wildman–Crippen MR) is 85.5 cm³/mol. The number of anilines is 1. The van der Waals surface area contributed by atoms with Gasteiger partial charge in [0.1, 0.15) is 0 Å². The van der Waals surface area contributed by atoms with Gasteiger partial charge in [-0.3, -0.25) is 9.59 Å². The summed E-state index contributed by atoms with van der Waals surface area (Å²) in [6.07, 6.45) is 0.548. The molecule has 2 rings (SSSR count). The average molecular weight is 340 g/mol. The second-order valence-electron chi connectivity index (χ2n) is 5.77. The van der Waals surface area contributed by atoms with E-state index in [2.05, 4.69) is 5.32 Å². The van der Waals surface area contributed by atoms with Crippen molar-refractivity contribution in [2.24, 2.45) is 17.6 Å². The number of primary amides is 1. The zero-order valence-electron chi connectivity index (χ0n) is 12.6. The molecule has 1 aromatic rings. The van der Waals surface area contributed by atoms with Crippen LogP contribution in [0.3, 0.4) is 0 Å². The van der Waals surface area contributed by atoms with Gasteiger partial charge in [-0.2, -0.15) is 0 Å². The van der Waals surface area contributed by atoms with E-state index in [1.165, 1.54) is 17.0 Å². The second-order valence-corrected chi connectivity index (χ2v) is 6.18. The van der Waals surface area contributed by atoms with Crippen molar-refractivity contribution in [3.8, 4) is 0 Å². The molecular formula is C15H18ClN3O4. The molecular weight excluding hydrogens is 322 g/mol. The van der Waals surface area contributed by atoms with Gasteiger partial charge in [-0.05, 0) is 30.5 Å². The number of nitrogens with zero attached hydrogens (tertiary/aromatic N) is 1. The molecule has 3 amide bonds. The van der Waals surface area contributed by atoms with Gasteiger partial charge in [0, 0.05) is 18.8 Å². The highest BCUT2D eigenvalue weighted by atomic mass is 35.5. The van der Waals surface area contributed by atoms with Gasteiger partial charge in [-0.25, -0.2) is 4.79 Å². The monoisotopic (exact) mass is 339 g/mol. The SMILES string of the molecule is CC1CC(C(=O)O)CN(C(=O)Nc2ccc(Cl)c(C(N)=O)c2)C1. The quantitative estimate of drug-likeness (QED) is 0.781. The Morgan fingerprint density at radius 3 is 2.65 bits per heavy atom. The summed E-state index contributed by atoms with van der Waals surface area (Å²) in [5, 5.41) is 12.0. The average Bonchev–Trinajstić information content (AvgIpc) is 2.48. The van der Waals surface area contributed by atoms with Gasteiger partial charge in [0.25, 0.3) is 0 Å². The van der Waals surface area contributed by atoms with Crippen LogP contribution in [0.25, 0.3) is 0 Å². The number of likely N-dealkylation sites (tertiary alicyclic amines) is 1. The third-order valence-corrected chi connectivity index (χ3v) is 4.11. The van der Waals surface area contributed by atoms with Crippen LogP contribution in [-0.2, 0) is 4.79 Å². The number of carboxylic acid groups (broad SMARTS) is 1. The van der Waals surface area contributed by atoms with Crippen LogP contribution in [0.4, 0.5) is 10.5 Å². The molecule has 0 bridgehead atoms. The number of urea groups is 1. The number of halogens is 1. The summed E-state index contributed by atoms with van der Waals surface area (Å²) in [5.41, 5.74) is 5.70. The summed E-state index contributed by atoms with van der Waals surface area (Å²) in [6, 6.07) is 4.00. The highest BCUT2D eigenvalue weighted by Crippen LogP contribution is 2.24. The lowest BCUT2D eigenvalue weighted by atomic mass is 9.91. The third-order valence-electron chi connectivity index (χ3n) is 3.78. The molecule has 7 nitrogen and oxygen atoms in total. The largest absolute Gasteiger partial charge is 0.481 e. The Balaban J connectivity index is 2.11.